The molecule has 0 saturated carbocycles. The molecule has 3 aromatic carbocycles. The zero-order chi connectivity index (χ0) is 37.9. The number of carbonyl (C=O) groups is 3. The van der Waals surface area contributed by atoms with Crippen LogP contribution in [0.15, 0.2) is 58.3 Å². The van der Waals surface area contributed by atoms with Crippen LogP contribution in [0.1, 0.15) is 98.2 Å². The van der Waals surface area contributed by atoms with E-state index >= 15 is 0 Å². The minimum atomic E-state index is -0.704. The summed E-state index contributed by atoms with van der Waals surface area (Å²) in [6, 6.07) is 14.0. The van der Waals surface area contributed by atoms with Gasteiger partial charge in [0.1, 0.15) is 0 Å². The van der Waals surface area contributed by atoms with Crippen molar-refractivity contribution in [1.29, 1.82) is 0 Å². The highest BCUT2D eigenvalue weighted by Crippen LogP contribution is 2.40. The number of hydrogen-bond acceptors (Lipinski definition) is 9. The van der Waals surface area contributed by atoms with Crippen molar-refractivity contribution in [3.63, 3.8) is 0 Å². The highest BCUT2D eigenvalue weighted by atomic mass is 32.2. The van der Waals surface area contributed by atoms with Gasteiger partial charge in [0.2, 0.25) is 5.91 Å². The molecule has 1 unspecified atom stereocenters. The van der Waals surface area contributed by atoms with Crippen LogP contribution < -0.4 is 38.9 Å². The first-order chi connectivity index (χ1) is 24.0. The van der Waals surface area contributed by atoms with E-state index in [-0.39, 0.29) is 22.6 Å². The zero-order valence-corrected chi connectivity index (χ0v) is 32.8. The van der Waals surface area contributed by atoms with Crippen molar-refractivity contribution in [1.82, 2.24) is 0 Å². The molecule has 0 radical (unpaired) electrons. The van der Waals surface area contributed by atoms with Gasteiger partial charge < -0.3 is 38.9 Å². The molecule has 0 saturated heterocycles. The van der Waals surface area contributed by atoms with Crippen LogP contribution in [-0.2, 0) is 15.6 Å². The Morgan fingerprint density at radius 3 is 1.63 bits per heavy atom. The lowest BCUT2D eigenvalue weighted by Gasteiger charge is -2.25. The number of aryl methyl sites for hydroxylation is 1. The molecule has 1 atom stereocenters. The summed E-state index contributed by atoms with van der Waals surface area (Å²) in [4.78, 5) is 42.4. The molecule has 51 heavy (non-hydrogen) atoms. The van der Waals surface area contributed by atoms with E-state index in [0.29, 0.717) is 70.6 Å². The van der Waals surface area contributed by atoms with Crippen LogP contribution in [0.2, 0.25) is 0 Å². The predicted molar refractivity (Wildman–Crippen MR) is 216 cm³/mol. The lowest BCUT2D eigenvalue weighted by Crippen LogP contribution is -2.36. The molecule has 3 aromatic rings. The maximum atomic E-state index is 13.9. The lowest BCUT2D eigenvalue weighted by molar-refractivity contribution is -0.117. The molecule has 0 heterocycles. The Bertz CT molecular complexity index is 1680. The van der Waals surface area contributed by atoms with Gasteiger partial charge in [-0.2, -0.15) is 0 Å². The van der Waals surface area contributed by atoms with Gasteiger partial charge in [-0.25, -0.2) is 0 Å². The Kier molecular flexibility index (Phi) is 15.6. The van der Waals surface area contributed by atoms with Crippen LogP contribution in [0.5, 0.6) is 0 Å². The number of nitrogens with one attached hydrogen (secondary N) is 3. The number of benzene rings is 3. The number of nitrogens with two attached hydrogens (primary N) is 4. The predicted octanol–water partition coefficient (Wildman–Crippen LogP) is 6.59. The van der Waals surface area contributed by atoms with Gasteiger partial charge >= 0.3 is 0 Å². The van der Waals surface area contributed by atoms with Crippen molar-refractivity contribution in [2.45, 2.75) is 94.4 Å². The summed E-state index contributed by atoms with van der Waals surface area (Å²) in [6.07, 6.45) is 2.05. The zero-order valence-electron chi connectivity index (χ0n) is 31.2. The maximum Gasteiger partial charge on any atom is 0.255 e. The molecule has 3 rings (SSSR count). The largest absolute Gasteiger partial charge is 0.330 e. The van der Waals surface area contributed by atoms with Gasteiger partial charge in [-0.1, -0.05) is 60.1 Å². The van der Waals surface area contributed by atoms with E-state index in [1.54, 1.807) is 36.0 Å². The first kappa shape index (κ1) is 42.0. The Labute approximate surface area is 312 Å². The monoisotopic (exact) mass is 735 g/mol. The minimum Gasteiger partial charge on any atom is -0.330 e. The normalized spacial score (nSPS) is 12.4. The second kappa shape index (κ2) is 18.9. The van der Waals surface area contributed by atoms with Crippen molar-refractivity contribution in [2.24, 2.45) is 22.9 Å². The van der Waals surface area contributed by atoms with Gasteiger partial charge in [-0.15, -0.1) is 23.5 Å². The molecule has 0 fully saturated rings. The third kappa shape index (κ3) is 12.1. The number of anilines is 3. The summed E-state index contributed by atoms with van der Waals surface area (Å²) in [5.74, 6) is 0.234. The molecule has 0 bridgehead atoms. The molecule has 3 amide bonds. The van der Waals surface area contributed by atoms with E-state index in [1.807, 2.05) is 25.1 Å². The first-order valence-electron chi connectivity index (χ1n) is 17.5. The minimum absolute atomic E-state index is 0.121. The Hall–Kier alpha value is -3.39. The van der Waals surface area contributed by atoms with Crippen molar-refractivity contribution < 1.29 is 14.4 Å². The van der Waals surface area contributed by atoms with Gasteiger partial charge in [0, 0.05) is 40.6 Å². The highest BCUT2D eigenvalue weighted by molar-refractivity contribution is 7.99. The number of unbranched alkanes of at least 4 members (excludes halogenated alkanes) is 1. The summed E-state index contributed by atoms with van der Waals surface area (Å²) in [7, 11) is 0. The van der Waals surface area contributed by atoms with E-state index in [0.717, 1.165) is 34.4 Å². The fourth-order valence-electron chi connectivity index (χ4n) is 5.27. The summed E-state index contributed by atoms with van der Waals surface area (Å²) < 4.78 is 0. The summed E-state index contributed by atoms with van der Waals surface area (Å²) >= 11 is 3.05. The molecular formula is C39H57N7O3S2. The van der Waals surface area contributed by atoms with Crippen molar-refractivity contribution in [3.8, 4) is 0 Å². The molecule has 0 aliphatic heterocycles. The fraction of sp³-hybridized carbons (Fsp3) is 0.462. The number of amides is 3. The van der Waals surface area contributed by atoms with E-state index in [4.69, 9.17) is 22.9 Å². The Balaban J connectivity index is 1.97. The van der Waals surface area contributed by atoms with Crippen LogP contribution in [0.25, 0.3) is 0 Å². The van der Waals surface area contributed by atoms with Crippen LogP contribution >= 0.6 is 23.5 Å². The number of carbonyl (C=O) groups excluding carboxylic acids is 3. The molecular weight excluding hydrogens is 679 g/mol. The third-order valence-corrected chi connectivity index (χ3v) is 10.7. The van der Waals surface area contributed by atoms with Crippen LogP contribution in [0, 0.1) is 6.92 Å². The van der Waals surface area contributed by atoms with Gasteiger partial charge in [0.15, 0.2) is 0 Å². The SMILES string of the molecule is Cc1cc(C(C)(C)C)cc(NC(=O)c2cccc(C(=O)Nc3cc(C(C)(C)C)cc(NC(=O)C(N)CCCCN)c3SCCN)c2)c1SCCN. The average molecular weight is 736 g/mol. The van der Waals surface area contributed by atoms with Crippen LogP contribution in [-0.4, -0.2) is 54.9 Å². The van der Waals surface area contributed by atoms with Crippen molar-refractivity contribution in [3.05, 3.63) is 76.3 Å². The summed E-state index contributed by atoms with van der Waals surface area (Å²) in [6.45, 7) is 16.1. The van der Waals surface area contributed by atoms with Crippen LogP contribution in [0.3, 0.4) is 0 Å². The number of hydrogen-bond donors (Lipinski definition) is 7. The number of rotatable bonds is 16. The molecule has 11 N–H and O–H groups in total. The molecule has 10 nitrogen and oxygen atoms in total. The smallest absolute Gasteiger partial charge is 0.255 e. The van der Waals surface area contributed by atoms with Gasteiger partial charge in [-0.3, -0.25) is 14.4 Å². The second-order valence-corrected chi connectivity index (χ2v) is 16.9. The topological polar surface area (TPSA) is 191 Å². The van der Waals surface area contributed by atoms with Gasteiger partial charge in [-0.05, 0) is 90.2 Å². The lowest BCUT2D eigenvalue weighted by atomic mass is 9.86. The van der Waals surface area contributed by atoms with Crippen LogP contribution in [0.4, 0.5) is 17.1 Å². The number of thioether (sulfide) groups is 2. The molecule has 0 aromatic heterocycles. The summed E-state index contributed by atoms with van der Waals surface area (Å²) in [5, 5.41) is 9.20. The van der Waals surface area contributed by atoms with E-state index in [9.17, 15) is 14.4 Å². The second-order valence-electron chi connectivity index (χ2n) is 14.7. The maximum absolute atomic E-state index is 13.9. The molecule has 12 heteroatoms. The highest BCUT2D eigenvalue weighted by Gasteiger charge is 2.24. The quantitative estimate of drug-likeness (QED) is 0.0628. The Morgan fingerprint density at radius 2 is 1.14 bits per heavy atom. The first-order valence-corrected chi connectivity index (χ1v) is 19.5. The summed E-state index contributed by atoms with van der Waals surface area (Å²) in [5.41, 5.74) is 28.7. The Morgan fingerprint density at radius 1 is 0.667 bits per heavy atom. The van der Waals surface area contributed by atoms with E-state index in [2.05, 4.69) is 63.6 Å². The van der Waals surface area contributed by atoms with Gasteiger partial charge in [0.05, 0.1) is 28.0 Å². The van der Waals surface area contributed by atoms with E-state index < -0.39 is 11.9 Å². The fourth-order valence-corrected chi connectivity index (χ4v) is 7.00. The van der Waals surface area contributed by atoms with E-state index in [1.165, 1.54) is 11.8 Å². The van der Waals surface area contributed by atoms with Crippen molar-refractivity contribution >= 4 is 58.3 Å². The molecule has 0 aliphatic carbocycles. The third-order valence-electron chi connectivity index (χ3n) is 8.27. The molecule has 278 valence electrons. The standard InChI is InChI=1S/C39H57N7O3S2/c1-24-19-27(38(2,3)4)21-30(33(24)50-17-15-41)44-35(47)25-11-10-12-26(20-25)36(48)45-31-22-28(39(5,6)7)23-32(34(31)51-18-16-42)46-37(49)29(43)13-8-9-14-40/h10-12,19-23,29H,8-9,13-18,40-43H2,1-7H3,(H,44,47)(H,45,48)(H,46,49). The average Bonchev–Trinajstić information content (AvgIpc) is 3.06. The van der Waals surface area contributed by atoms with Gasteiger partial charge in [0.25, 0.3) is 11.8 Å². The molecule has 0 spiro atoms. The molecule has 0 aliphatic rings. The van der Waals surface area contributed by atoms with Crippen molar-refractivity contribution in [2.75, 3.05) is 47.1 Å².